The van der Waals surface area contributed by atoms with E-state index >= 15 is 0 Å². The highest BCUT2D eigenvalue weighted by molar-refractivity contribution is 14.1. The molecule has 3 N–H and O–H groups in total. The number of anilines is 1. The molecule has 0 bridgehead atoms. The van der Waals surface area contributed by atoms with Crippen molar-refractivity contribution in [2.45, 2.75) is 6.61 Å². The topological polar surface area (TPSA) is 59.6 Å². The standard InChI is InChI=1S/C22H18ClFIN3O/c1-2-27-20-8-6-16(25)11-18(20)22(26)28-17-7-9-21(19(23)12-17)29-13-14-4-3-5-15(24)10-14/h2-12,27H,1,13H2,(H2,26,28). The molecule has 148 valence electrons. The smallest absolute Gasteiger partial charge is 0.138 e. The van der Waals surface area contributed by atoms with Crippen molar-refractivity contribution in [3.63, 3.8) is 0 Å². The molecule has 0 aromatic heterocycles. The van der Waals surface area contributed by atoms with E-state index in [9.17, 15) is 4.39 Å². The first-order valence-electron chi connectivity index (χ1n) is 8.64. The lowest BCUT2D eigenvalue weighted by molar-refractivity contribution is 0.306. The van der Waals surface area contributed by atoms with Crippen LogP contribution in [0.4, 0.5) is 15.8 Å². The minimum Gasteiger partial charge on any atom is -0.487 e. The van der Waals surface area contributed by atoms with Crippen LogP contribution in [0.25, 0.3) is 0 Å². The van der Waals surface area contributed by atoms with E-state index in [0.717, 1.165) is 14.8 Å². The molecule has 0 saturated heterocycles. The maximum atomic E-state index is 13.3. The van der Waals surface area contributed by atoms with Crippen LogP contribution in [0.5, 0.6) is 5.75 Å². The Labute approximate surface area is 187 Å². The number of nitrogens with two attached hydrogens (primary N) is 1. The molecular formula is C22H18ClFIN3O. The van der Waals surface area contributed by atoms with E-state index in [1.54, 1.807) is 36.5 Å². The highest BCUT2D eigenvalue weighted by atomic mass is 127. The maximum absolute atomic E-state index is 13.3. The van der Waals surface area contributed by atoms with Gasteiger partial charge in [0.1, 0.15) is 24.0 Å². The van der Waals surface area contributed by atoms with Crippen LogP contribution in [0.1, 0.15) is 11.1 Å². The van der Waals surface area contributed by atoms with Crippen LogP contribution in [-0.2, 0) is 6.61 Å². The van der Waals surface area contributed by atoms with Gasteiger partial charge in [0.05, 0.1) is 10.7 Å². The molecule has 4 nitrogen and oxygen atoms in total. The van der Waals surface area contributed by atoms with Crippen LogP contribution in [-0.4, -0.2) is 5.84 Å². The van der Waals surface area contributed by atoms with Crippen molar-refractivity contribution < 1.29 is 9.13 Å². The Morgan fingerprint density at radius 1 is 1.21 bits per heavy atom. The van der Waals surface area contributed by atoms with Crippen molar-refractivity contribution in [2.24, 2.45) is 10.7 Å². The van der Waals surface area contributed by atoms with Gasteiger partial charge in [0.25, 0.3) is 0 Å². The summed E-state index contributed by atoms with van der Waals surface area (Å²) in [5, 5.41) is 3.44. The van der Waals surface area contributed by atoms with E-state index in [1.165, 1.54) is 12.1 Å². The van der Waals surface area contributed by atoms with Crippen LogP contribution >= 0.6 is 34.2 Å². The summed E-state index contributed by atoms with van der Waals surface area (Å²) >= 11 is 8.54. The highest BCUT2D eigenvalue weighted by Gasteiger charge is 2.09. The first-order chi connectivity index (χ1) is 14.0. The van der Waals surface area contributed by atoms with Crippen molar-refractivity contribution in [1.82, 2.24) is 0 Å². The molecule has 0 atom stereocenters. The average Bonchev–Trinajstić information content (AvgIpc) is 2.69. The summed E-state index contributed by atoms with van der Waals surface area (Å²) in [4.78, 5) is 4.47. The average molecular weight is 522 g/mol. The van der Waals surface area contributed by atoms with Crippen molar-refractivity contribution in [1.29, 1.82) is 0 Å². The van der Waals surface area contributed by atoms with Crippen LogP contribution in [0.2, 0.25) is 5.02 Å². The largest absolute Gasteiger partial charge is 0.487 e. The van der Waals surface area contributed by atoms with E-state index in [0.29, 0.717) is 27.9 Å². The Hall–Kier alpha value is -2.58. The quantitative estimate of drug-likeness (QED) is 0.219. The highest BCUT2D eigenvalue weighted by Crippen LogP contribution is 2.30. The van der Waals surface area contributed by atoms with Gasteiger partial charge in [0, 0.05) is 14.8 Å². The molecule has 0 fully saturated rings. The lowest BCUT2D eigenvalue weighted by Crippen LogP contribution is -2.15. The molecule has 7 heteroatoms. The molecule has 0 heterocycles. The summed E-state index contributed by atoms with van der Waals surface area (Å²) in [6, 6.07) is 17.2. The molecule has 0 spiro atoms. The minimum absolute atomic E-state index is 0.210. The van der Waals surface area contributed by atoms with Gasteiger partial charge in [-0.2, -0.15) is 0 Å². The molecule has 0 aliphatic heterocycles. The number of halogens is 3. The van der Waals surface area contributed by atoms with Gasteiger partial charge >= 0.3 is 0 Å². The van der Waals surface area contributed by atoms with Crippen LogP contribution < -0.4 is 15.8 Å². The number of nitrogens with zero attached hydrogens (tertiary/aromatic N) is 1. The zero-order valence-electron chi connectivity index (χ0n) is 15.3. The number of nitrogens with one attached hydrogen (secondary N) is 1. The molecule has 3 aromatic rings. The summed E-state index contributed by atoms with van der Waals surface area (Å²) in [5.41, 5.74) is 9.11. The van der Waals surface area contributed by atoms with Crippen molar-refractivity contribution in [2.75, 3.05) is 5.32 Å². The number of benzene rings is 3. The van der Waals surface area contributed by atoms with Gasteiger partial charge < -0.3 is 15.8 Å². The summed E-state index contributed by atoms with van der Waals surface area (Å²) in [7, 11) is 0. The predicted molar refractivity (Wildman–Crippen MR) is 126 cm³/mol. The Morgan fingerprint density at radius 2 is 2.03 bits per heavy atom. The van der Waals surface area contributed by atoms with E-state index in [2.05, 4.69) is 39.5 Å². The van der Waals surface area contributed by atoms with Gasteiger partial charge in [-0.25, -0.2) is 9.38 Å². The van der Waals surface area contributed by atoms with Crippen molar-refractivity contribution >= 4 is 51.4 Å². The summed E-state index contributed by atoms with van der Waals surface area (Å²) in [6.45, 7) is 3.89. The Balaban J connectivity index is 1.79. The molecule has 3 rings (SSSR count). The van der Waals surface area contributed by atoms with E-state index in [-0.39, 0.29) is 12.4 Å². The SMILES string of the molecule is C=CNc1ccc(I)cc1C(N)=Nc1ccc(OCc2cccc(F)c2)c(Cl)c1. The van der Waals surface area contributed by atoms with E-state index < -0.39 is 0 Å². The third kappa shape index (κ3) is 5.71. The lowest BCUT2D eigenvalue weighted by atomic mass is 10.1. The third-order valence-corrected chi connectivity index (χ3v) is 4.93. The number of aliphatic imine (C=N–C) groups is 1. The zero-order valence-corrected chi connectivity index (χ0v) is 18.2. The third-order valence-electron chi connectivity index (χ3n) is 3.96. The molecule has 0 saturated carbocycles. The van der Waals surface area contributed by atoms with Crippen molar-refractivity contribution in [3.8, 4) is 5.75 Å². The number of rotatable bonds is 7. The van der Waals surface area contributed by atoms with Gasteiger partial charge in [-0.15, -0.1) is 0 Å². The molecule has 0 aliphatic carbocycles. The molecule has 0 unspecified atom stereocenters. The predicted octanol–water partition coefficient (Wildman–Crippen LogP) is 6.26. The van der Waals surface area contributed by atoms with Crippen LogP contribution in [0.15, 0.2) is 78.4 Å². The molecule has 0 radical (unpaired) electrons. The fourth-order valence-electron chi connectivity index (χ4n) is 2.63. The monoisotopic (exact) mass is 521 g/mol. The molecular weight excluding hydrogens is 504 g/mol. The Bertz CT molecular complexity index is 1070. The van der Waals surface area contributed by atoms with Crippen molar-refractivity contribution in [3.05, 3.63) is 99.0 Å². The summed E-state index contributed by atoms with van der Waals surface area (Å²) in [5.74, 6) is 0.521. The van der Waals surface area contributed by atoms with Crippen LogP contribution in [0.3, 0.4) is 0 Å². The Kier molecular flexibility index (Phi) is 7.11. The second-order valence-electron chi connectivity index (χ2n) is 6.07. The Morgan fingerprint density at radius 3 is 2.76 bits per heavy atom. The van der Waals surface area contributed by atoms with Gasteiger partial charge in [-0.1, -0.05) is 30.3 Å². The molecule has 0 aliphatic rings. The normalized spacial score (nSPS) is 11.2. The van der Waals surface area contributed by atoms with Crippen LogP contribution in [0, 0.1) is 9.39 Å². The first-order valence-corrected chi connectivity index (χ1v) is 10.1. The molecule has 0 amide bonds. The van der Waals surface area contributed by atoms with Gasteiger partial charge in [-0.05, 0) is 82.9 Å². The fraction of sp³-hybridized carbons (Fsp3) is 0.0455. The number of ether oxygens (including phenoxy) is 1. The number of amidine groups is 1. The molecule has 3 aromatic carbocycles. The van der Waals surface area contributed by atoms with Gasteiger partial charge in [-0.3, -0.25) is 0 Å². The summed E-state index contributed by atoms with van der Waals surface area (Å²) in [6.07, 6.45) is 1.58. The lowest BCUT2D eigenvalue weighted by Gasteiger charge is -2.11. The second-order valence-corrected chi connectivity index (χ2v) is 7.72. The van der Waals surface area contributed by atoms with Gasteiger partial charge in [0.2, 0.25) is 0 Å². The number of hydrogen-bond donors (Lipinski definition) is 2. The zero-order chi connectivity index (χ0) is 20.8. The van der Waals surface area contributed by atoms with E-state index in [1.807, 2.05) is 18.2 Å². The second kappa shape index (κ2) is 9.76. The number of hydrogen-bond acceptors (Lipinski definition) is 3. The first kappa shape index (κ1) is 21.1. The summed E-state index contributed by atoms with van der Waals surface area (Å²) < 4.78 is 20.0. The minimum atomic E-state index is -0.307. The van der Waals surface area contributed by atoms with Gasteiger partial charge in [0.15, 0.2) is 0 Å². The maximum Gasteiger partial charge on any atom is 0.138 e. The van der Waals surface area contributed by atoms with E-state index in [4.69, 9.17) is 22.1 Å². The fourth-order valence-corrected chi connectivity index (χ4v) is 3.35. The molecule has 29 heavy (non-hydrogen) atoms.